The Labute approximate surface area is 173 Å². The second-order valence-electron chi connectivity index (χ2n) is 7.14. The molecule has 0 saturated heterocycles. The molecule has 0 aliphatic carbocycles. The lowest BCUT2D eigenvalue weighted by Gasteiger charge is -2.17. The molecule has 2 aromatic carbocycles. The summed E-state index contributed by atoms with van der Waals surface area (Å²) >= 11 is 0. The highest BCUT2D eigenvalue weighted by Gasteiger charge is 2.13. The molecule has 7 heteroatoms. The van der Waals surface area contributed by atoms with Crippen molar-refractivity contribution in [3.05, 3.63) is 88.5 Å². The largest absolute Gasteiger partial charge is 0.491 e. The number of ether oxygens (including phenoxy) is 2. The molecule has 7 nitrogen and oxygen atoms in total. The summed E-state index contributed by atoms with van der Waals surface area (Å²) in [7, 11) is 0. The van der Waals surface area contributed by atoms with Crippen molar-refractivity contribution in [2.45, 2.75) is 26.5 Å². The van der Waals surface area contributed by atoms with E-state index >= 15 is 0 Å². The van der Waals surface area contributed by atoms with Crippen molar-refractivity contribution in [3.63, 3.8) is 0 Å². The molecule has 0 radical (unpaired) electrons. The van der Waals surface area contributed by atoms with Gasteiger partial charge in [0.25, 0.3) is 5.56 Å². The smallest absolute Gasteiger partial charge is 0.274 e. The molecule has 0 aliphatic heterocycles. The predicted molar refractivity (Wildman–Crippen MR) is 113 cm³/mol. The van der Waals surface area contributed by atoms with E-state index < -0.39 is 6.10 Å². The Balaban J connectivity index is 1.39. The first kappa shape index (κ1) is 19.7. The highest BCUT2D eigenvalue weighted by atomic mass is 16.5. The van der Waals surface area contributed by atoms with E-state index in [4.69, 9.17) is 9.47 Å². The minimum absolute atomic E-state index is 0.115. The lowest BCUT2D eigenvalue weighted by Crippen LogP contribution is -2.27. The van der Waals surface area contributed by atoms with Crippen LogP contribution in [0.25, 0.3) is 5.65 Å². The maximum atomic E-state index is 12.1. The topological polar surface area (TPSA) is 78.0 Å². The number of fused-ring (bicyclic) bond motifs is 1. The molecule has 1 atom stereocenters. The van der Waals surface area contributed by atoms with Gasteiger partial charge in [0.15, 0.2) is 0 Å². The molecule has 2 heterocycles. The van der Waals surface area contributed by atoms with E-state index in [1.807, 2.05) is 66.9 Å². The van der Waals surface area contributed by atoms with Gasteiger partial charge >= 0.3 is 0 Å². The first-order chi connectivity index (χ1) is 14.5. The summed E-state index contributed by atoms with van der Waals surface area (Å²) in [5.74, 6) is 2.10. The van der Waals surface area contributed by atoms with Gasteiger partial charge in [-0.1, -0.05) is 18.2 Å². The van der Waals surface area contributed by atoms with Crippen molar-refractivity contribution < 1.29 is 14.6 Å². The molecule has 2 aromatic heterocycles. The van der Waals surface area contributed by atoms with Gasteiger partial charge in [-0.05, 0) is 50.2 Å². The quantitative estimate of drug-likeness (QED) is 0.510. The SMILES string of the molecule is Cc1cc2n(C[C@@H](O)COc3ccc(Oc4ccccc4)cc3)c(C)cc(=O)n2n1. The Morgan fingerprint density at radius 3 is 2.37 bits per heavy atom. The lowest BCUT2D eigenvalue weighted by molar-refractivity contribution is 0.0926. The maximum absolute atomic E-state index is 12.1. The first-order valence-corrected chi connectivity index (χ1v) is 9.70. The zero-order chi connectivity index (χ0) is 21.1. The molecule has 0 saturated carbocycles. The van der Waals surface area contributed by atoms with Crippen molar-refractivity contribution in [1.82, 2.24) is 14.2 Å². The van der Waals surface area contributed by atoms with Crippen LogP contribution < -0.4 is 15.0 Å². The maximum Gasteiger partial charge on any atom is 0.274 e. The van der Waals surface area contributed by atoms with Gasteiger partial charge in [-0.2, -0.15) is 9.61 Å². The number of hydrogen-bond acceptors (Lipinski definition) is 5. The van der Waals surface area contributed by atoms with E-state index in [1.165, 1.54) is 10.6 Å². The van der Waals surface area contributed by atoms with Gasteiger partial charge in [-0.15, -0.1) is 0 Å². The molecular formula is C23H23N3O4. The minimum atomic E-state index is -0.759. The Kier molecular flexibility index (Phi) is 5.54. The van der Waals surface area contributed by atoms with Gasteiger partial charge in [0, 0.05) is 17.8 Å². The second kappa shape index (κ2) is 8.42. The molecule has 0 amide bonds. The van der Waals surface area contributed by atoms with Crippen molar-refractivity contribution in [2.75, 3.05) is 6.61 Å². The van der Waals surface area contributed by atoms with E-state index in [0.29, 0.717) is 17.1 Å². The molecule has 154 valence electrons. The molecule has 30 heavy (non-hydrogen) atoms. The number of para-hydroxylation sites is 1. The highest BCUT2D eigenvalue weighted by molar-refractivity contribution is 5.41. The van der Waals surface area contributed by atoms with E-state index in [1.54, 1.807) is 12.1 Å². The summed E-state index contributed by atoms with van der Waals surface area (Å²) in [6.07, 6.45) is -0.759. The van der Waals surface area contributed by atoms with Crippen LogP contribution in [-0.4, -0.2) is 32.0 Å². The third kappa shape index (κ3) is 4.36. The number of hydrogen-bond donors (Lipinski definition) is 1. The molecular weight excluding hydrogens is 382 g/mol. The fourth-order valence-electron chi connectivity index (χ4n) is 3.26. The highest BCUT2D eigenvalue weighted by Crippen LogP contribution is 2.23. The summed E-state index contributed by atoms with van der Waals surface area (Å²) in [4.78, 5) is 12.1. The molecule has 0 unspecified atom stereocenters. The summed E-state index contributed by atoms with van der Waals surface area (Å²) in [5.41, 5.74) is 1.97. The van der Waals surface area contributed by atoms with Crippen LogP contribution >= 0.6 is 0 Å². The van der Waals surface area contributed by atoms with Gasteiger partial charge < -0.3 is 19.1 Å². The first-order valence-electron chi connectivity index (χ1n) is 9.70. The summed E-state index contributed by atoms with van der Waals surface area (Å²) in [6, 6.07) is 20.1. The number of aromatic nitrogens is 3. The van der Waals surface area contributed by atoms with Crippen molar-refractivity contribution in [3.8, 4) is 17.2 Å². The Hall–Kier alpha value is -3.58. The van der Waals surface area contributed by atoms with Crippen LogP contribution in [0.1, 0.15) is 11.4 Å². The van der Waals surface area contributed by atoms with Gasteiger partial charge in [-0.25, -0.2) is 0 Å². The summed E-state index contributed by atoms with van der Waals surface area (Å²) in [6.45, 7) is 4.07. The zero-order valence-electron chi connectivity index (χ0n) is 16.9. The number of aliphatic hydroxyl groups is 1. The van der Waals surface area contributed by atoms with Crippen LogP contribution in [0.4, 0.5) is 0 Å². The van der Waals surface area contributed by atoms with Crippen LogP contribution in [0, 0.1) is 13.8 Å². The fraction of sp³-hybridized carbons (Fsp3) is 0.217. The number of nitrogens with zero attached hydrogens (tertiary/aromatic N) is 3. The number of aryl methyl sites for hydroxylation is 2. The molecule has 0 fully saturated rings. The van der Waals surface area contributed by atoms with E-state index in [2.05, 4.69) is 5.10 Å². The predicted octanol–water partition coefficient (Wildman–Crippen LogP) is 3.35. The van der Waals surface area contributed by atoms with E-state index in [-0.39, 0.29) is 18.7 Å². The van der Waals surface area contributed by atoms with Crippen LogP contribution in [0.2, 0.25) is 0 Å². The van der Waals surface area contributed by atoms with Crippen LogP contribution in [0.15, 0.2) is 71.5 Å². The van der Waals surface area contributed by atoms with E-state index in [9.17, 15) is 9.90 Å². The third-order valence-electron chi connectivity index (χ3n) is 4.69. The molecule has 0 aliphatic rings. The van der Waals surface area contributed by atoms with Gasteiger partial charge in [0.2, 0.25) is 0 Å². The Morgan fingerprint density at radius 1 is 0.967 bits per heavy atom. The minimum Gasteiger partial charge on any atom is -0.491 e. The van der Waals surface area contributed by atoms with Crippen molar-refractivity contribution in [2.24, 2.45) is 0 Å². The normalized spacial score (nSPS) is 12.1. The van der Waals surface area contributed by atoms with Crippen LogP contribution in [0.5, 0.6) is 17.2 Å². The second-order valence-corrected chi connectivity index (χ2v) is 7.14. The lowest BCUT2D eigenvalue weighted by atomic mass is 10.3. The molecule has 4 aromatic rings. The van der Waals surface area contributed by atoms with Gasteiger partial charge in [-0.3, -0.25) is 4.79 Å². The molecule has 0 spiro atoms. The van der Waals surface area contributed by atoms with Crippen molar-refractivity contribution in [1.29, 1.82) is 0 Å². The zero-order valence-corrected chi connectivity index (χ0v) is 16.9. The number of benzene rings is 2. The number of rotatable bonds is 7. The fourth-order valence-corrected chi connectivity index (χ4v) is 3.26. The molecule has 0 bridgehead atoms. The molecule has 1 N–H and O–H groups in total. The van der Waals surface area contributed by atoms with Gasteiger partial charge in [0.1, 0.15) is 35.6 Å². The average Bonchev–Trinajstić information content (AvgIpc) is 3.13. The average molecular weight is 405 g/mol. The third-order valence-corrected chi connectivity index (χ3v) is 4.69. The van der Waals surface area contributed by atoms with Crippen LogP contribution in [0.3, 0.4) is 0 Å². The van der Waals surface area contributed by atoms with E-state index in [0.717, 1.165) is 17.1 Å². The molecule has 4 rings (SSSR count). The van der Waals surface area contributed by atoms with Gasteiger partial charge in [0.05, 0.1) is 12.2 Å². The van der Waals surface area contributed by atoms with Crippen molar-refractivity contribution >= 4 is 5.65 Å². The number of aliphatic hydroxyl groups excluding tert-OH is 1. The summed E-state index contributed by atoms with van der Waals surface area (Å²) in [5, 5.41) is 14.7. The Bertz CT molecular complexity index is 1200. The standard InChI is InChI=1S/C23H23N3O4/c1-16-12-22-25(17(2)13-23(28)26(22)24-16)14-18(27)15-29-19-8-10-21(11-9-19)30-20-6-4-3-5-7-20/h3-13,18,27H,14-15H2,1-2H3/t18-/m1/s1. The Morgan fingerprint density at radius 2 is 1.63 bits per heavy atom. The summed E-state index contributed by atoms with van der Waals surface area (Å²) < 4.78 is 14.7. The monoisotopic (exact) mass is 405 g/mol. The van der Waals surface area contributed by atoms with Crippen LogP contribution in [-0.2, 0) is 6.54 Å².